The van der Waals surface area contributed by atoms with Crippen LogP contribution in [0.1, 0.15) is 229 Å². The third-order valence-electron chi connectivity index (χ3n) is 13.7. The van der Waals surface area contributed by atoms with Gasteiger partial charge in [-0.05, 0) is 76.9 Å². The molecule has 0 fully saturated rings. The van der Waals surface area contributed by atoms with E-state index in [1.807, 2.05) is 18.2 Å². The third-order valence-corrected chi connectivity index (χ3v) is 13.7. The molecule has 64 heavy (non-hydrogen) atoms. The fourth-order valence-corrected chi connectivity index (χ4v) is 10.2. The number of aliphatic imine (C=N–C) groups is 1. The van der Waals surface area contributed by atoms with Gasteiger partial charge >= 0.3 is 5.97 Å². The molecule has 3 amide bonds. The molecule has 0 bridgehead atoms. The second-order valence-electron chi connectivity index (χ2n) is 18.6. The highest BCUT2D eigenvalue weighted by molar-refractivity contribution is 6.41. The molecule has 1 aliphatic rings. The van der Waals surface area contributed by atoms with E-state index in [1.54, 1.807) is 24.3 Å². The molecule has 9 heteroatoms. The van der Waals surface area contributed by atoms with Gasteiger partial charge in [-0.15, -0.1) is 0 Å². The van der Waals surface area contributed by atoms with Crippen molar-refractivity contribution < 1.29 is 24.3 Å². The summed E-state index contributed by atoms with van der Waals surface area (Å²) in [7, 11) is 0. The fourth-order valence-electron chi connectivity index (χ4n) is 10.2. The highest BCUT2D eigenvalue weighted by atomic mass is 16.4. The number of nitrogens with two attached hydrogens (primary N) is 1. The molecule has 0 saturated carbocycles. The lowest BCUT2D eigenvalue weighted by molar-refractivity contribution is 0.0697. The number of amidine groups is 1. The summed E-state index contributed by atoms with van der Waals surface area (Å²) in [6, 6.07) is 12.4. The molecule has 0 aliphatic carbocycles. The van der Waals surface area contributed by atoms with Gasteiger partial charge in [-0.1, -0.05) is 174 Å². The maximum absolute atomic E-state index is 15.0. The minimum atomic E-state index is -1.14. The van der Waals surface area contributed by atoms with Gasteiger partial charge in [0.2, 0.25) is 0 Å². The topological polar surface area (TPSA) is 151 Å². The van der Waals surface area contributed by atoms with Gasteiger partial charge in [0.15, 0.2) is 0 Å². The van der Waals surface area contributed by atoms with E-state index in [-0.39, 0.29) is 29.4 Å². The van der Waals surface area contributed by atoms with Crippen molar-refractivity contribution in [3.05, 3.63) is 70.3 Å². The number of aromatic carboxylic acids is 1. The number of fused-ring (bicyclic) bond motifs is 2. The summed E-state index contributed by atoms with van der Waals surface area (Å²) in [5.74, 6) is -2.08. The highest BCUT2D eigenvalue weighted by Crippen LogP contribution is 2.46. The lowest BCUT2D eigenvalue weighted by Crippen LogP contribution is -2.35. The second-order valence-corrected chi connectivity index (χ2v) is 18.6. The summed E-state index contributed by atoms with van der Waals surface area (Å²) < 4.78 is 0. The van der Waals surface area contributed by atoms with Crippen LogP contribution in [-0.2, 0) is 0 Å². The number of nitrogens with one attached hydrogen (secondary N) is 2. The van der Waals surface area contributed by atoms with Crippen molar-refractivity contribution in [2.24, 2.45) is 10.7 Å². The molecule has 2 unspecified atom stereocenters. The number of benzene rings is 5. The molecule has 0 spiro atoms. The van der Waals surface area contributed by atoms with Crippen LogP contribution in [0.2, 0.25) is 0 Å². The molecule has 5 aromatic rings. The van der Waals surface area contributed by atoms with Crippen molar-refractivity contribution in [3.8, 4) is 0 Å². The van der Waals surface area contributed by atoms with Gasteiger partial charge < -0.3 is 16.2 Å². The van der Waals surface area contributed by atoms with Gasteiger partial charge in [0.1, 0.15) is 5.84 Å². The number of amides is 3. The number of hydrogen-bond donors (Lipinski definition) is 4. The van der Waals surface area contributed by atoms with Crippen LogP contribution < -0.4 is 16.4 Å². The van der Waals surface area contributed by atoms with Crippen LogP contribution in [0, 0.1) is 0 Å². The van der Waals surface area contributed by atoms with Crippen LogP contribution >= 0.6 is 0 Å². The van der Waals surface area contributed by atoms with Crippen molar-refractivity contribution in [1.82, 2.24) is 10.6 Å². The number of imide groups is 1. The summed E-state index contributed by atoms with van der Waals surface area (Å²) in [5, 5.41) is 21.9. The minimum absolute atomic E-state index is 0.00392. The zero-order valence-electron chi connectivity index (χ0n) is 39.3. The number of rotatable bonds is 29. The Morgan fingerprint density at radius 2 is 1.02 bits per heavy atom. The quantitative estimate of drug-likeness (QED) is 0.00938. The number of nitrogens with zero attached hydrogens (tertiary/aromatic N) is 1. The number of carboxylic acid groups (broad SMARTS) is 1. The van der Waals surface area contributed by atoms with Crippen molar-refractivity contribution in [2.45, 2.75) is 194 Å². The Morgan fingerprint density at radius 3 is 1.56 bits per heavy atom. The zero-order chi connectivity index (χ0) is 45.6. The van der Waals surface area contributed by atoms with E-state index in [0.717, 1.165) is 114 Å². The maximum Gasteiger partial charge on any atom is 0.336 e. The summed E-state index contributed by atoms with van der Waals surface area (Å²) in [6.45, 7) is 8.88. The summed E-state index contributed by atoms with van der Waals surface area (Å²) in [6.07, 6.45) is 26.6. The Labute approximate surface area is 381 Å². The standard InChI is InChI=1S/C55H74N4O5/c1-5-9-13-17-19-23-26-36(25-21-15-11-7-3)57-51(56)44-35-45(55(63)64)47-40-31-34-42-48-41(53(61)59-54(42)62)32-29-38(46(40)48)39-30-33-43(49(44)50(39)47)52(60)58-37(27-22-16-12-8-4)28-24-20-18-14-10-6-2/h29-37H,5-28H2,1-4H3,(H2,56,57)(H,58,60)(H,63,64)(H,59,61,62). The number of carbonyl (C=O) groups is 4. The van der Waals surface area contributed by atoms with Crippen LogP contribution in [0.3, 0.4) is 0 Å². The number of unbranched alkanes of at least 4 members (excludes halogenated alkanes) is 16. The van der Waals surface area contributed by atoms with Crippen molar-refractivity contribution >= 4 is 72.6 Å². The van der Waals surface area contributed by atoms with Gasteiger partial charge in [-0.25, -0.2) is 4.79 Å². The predicted octanol–water partition coefficient (Wildman–Crippen LogP) is 13.9. The van der Waals surface area contributed by atoms with E-state index in [9.17, 15) is 24.3 Å². The SMILES string of the molecule is CCCCCCCCC(CCCCCC)N=C(N)c1cc(C(=O)O)c2c3ccc4c5c(ccc(c6ccc(C(=O)NC(CCCCCC)CCCCCCCC)c1c62)c53)C(=O)NC4=O. The monoisotopic (exact) mass is 871 g/mol. The number of hydrogen-bond acceptors (Lipinski definition) is 5. The van der Waals surface area contributed by atoms with E-state index < -0.39 is 17.8 Å². The van der Waals surface area contributed by atoms with Gasteiger partial charge in [-0.3, -0.25) is 24.7 Å². The normalized spacial score (nSPS) is 14.0. The second kappa shape index (κ2) is 23.8. The average Bonchev–Trinajstić information content (AvgIpc) is 3.29. The van der Waals surface area contributed by atoms with E-state index in [4.69, 9.17) is 10.7 Å². The maximum atomic E-state index is 15.0. The van der Waals surface area contributed by atoms with E-state index >= 15 is 0 Å². The number of carbonyl (C=O) groups excluding carboxylic acids is 3. The predicted molar refractivity (Wildman–Crippen MR) is 266 cm³/mol. The first-order valence-corrected chi connectivity index (χ1v) is 25.1. The van der Waals surface area contributed by atoms with Crippen molar-refractivity contribution in [3.63, 3.8) is 0 Å². The Bertz CT molecular complexity index is 2410. The largest absolute Gasteiger partial charge is 0.478 e. The van der Waals surface area contributed by atoms with Crippen molar-refractivity contribution in [1.29, 1.82) is 0 Å². The Balaban J connectivity index is 1.54. The molecule has 0 radical (unpaired) electrons. The van der Waals surface area contributed by atoms with E-state index in [0.29, 0.717) is 54.6 Å². The smallest absolute Gasteiger partial charge is 0.336 e. The Hall–Kier alpha value is -5.05. The fraction of sp³-hybridized carbons (Fsp3) is 0.545. The molecular weight excluding hydrogens is 797 g/mol. The lowest BCUT2D eigenvalue weighted by Gasteiger charge is -2.24. The van der Waals surface area contributed by atoms with Gasteiger partial charge in [0, 0.05) is 44.5 Å². The zero-order valence-corrected chi connectivity index (χ0v) is 39.3. The molecule has 6 rings (SSSR count). The molecule has 5 aromatic carbocycles. The van der Waals surface area contributed by atoms with Crippen LogP contribution in [0.25, 0.3) is 43.1 Å². The summed E-state index contributed by atoms with van der Waals surface area (Å²) >= 11 is 0. The first-order chi connectivity index (χ1) is 31.1. The molecule has 1 aliphatic heterocycles. The molecule has 0 aromatic heterocycles. The van der Waals surface area contributed by atoms with E-state index in [1.165, 1.54) is 51.4 Å². The summed E-state index contributed by atoms with van der Waals surface area (Å²) in [5.41, 5.74) is 8.82. The Kier molecular flexibility index (Phi) is 18.0. The lowest BCUT2D eigenvalue weighted by atomic mass is 9.81. The van der Waals surface area contributed by atoms with Crippen molar-refractivity contribution in [2.75, 3.05) is 0 Å². The van der Waals surface area contributed by atoms with Crippen LogP contribution in [0.4, 0.5) is 0 Å². The van der Waals surface area contributed by atoms with Crippen LogP contribution in [-0.4, -0.2) is 46.7 Å². The van der Waals surface area contributed by atoms with Crippen LogP contribution in [0.5, 0.6) is 0 Å². The highest BCUT2D eigenvalue weighted by Gasteiger charge is 2.31. The number of carboxylic acids is 1. The average molecular weight is 871 g/mol. The molecule has 9 nitrogen and oxygen atoms in total. The van der Waals surface area contributed by atoms with Crippen LogP contribution in [0.15, 0.2) is 47.5 Å². The van der Waals surface area contributed by atoms with Gasteiger partial charge in [0.25, 0.3) is 17.7 Å². The molecule has 2 atom stereocenters. The molecule has 1 heterocycles. The first kappa shape index (κ1) is 48.4. The summed E-state index contributed by atoms with van der Waals surface area (Å²) in [4.78, 5) is 60.2. The molecular formula is C55H74N4O5. The van der Waals surface area contributed by atoms with Gasteiger partial charge in [-0.2, -0.15) is 0 Å². The first-order valence-electron chi connectivity index (χ1n) is 25.1. The molecule has 344 valence electrons. The van der Waals surface area contributed by atoms with Gasteiger partial charge in [0.05, 0.1) is 11.6 Å². The molecule has 5 N–H and O–H groups in total. The Morgan fingerprint density at radius 1 is 0.547 bits per heavy atom. The third kappa shape index (κ3) is 11.2. The minimum Gasteiger partial charge on any atom is -0.478 e. The van der Waals surface area contributed by atoms with E-state index in [2.05, 4.69) is 38.3 Å². The molecule has 0 saturated heterocycles.